The summed E-state index contributed by atoms with van der Waals surface area (Å²) in [5, 5.41) is 13.0. The predicted octanol–water partition coefficient (Wildman–Crippen LogP) is 2.64. The summed E-state index contributed by atoms with van der Waals surface area (Å²) in [6.45, 7) is 0. The van der Waals surface area contributed by atoms with E-state index >= 15 is 0 Å². The molecule has 0 aromatic heterocycles. The van der Waals surface area contributed by atoms with Crippen LogP contribution in [0.5, 0.6) is 5.75 Å². The second-order valence-electron chi connectivity index (χ2n) is 9.28. The van der Waals surface area contributed by atoms with Gasteiger partial charge in [0.1, 0.15) is 5.75 Å². The summed E-state index contributed by atoms with van der Waals surface area (Å²) < 4.78 is 6.12. The first kappa shape index (κ1) is 18.9. The Morgan fingerprint density at radius 2 is 1.59 bits per heavy atom. The van der Waals surface area contributed by atoms with E-state index in [1.807, 2.05) is 29.2 Å². The highest BCUT2D eigenvalue weighted by Gasteiger charge is 2.47. The van der Waals surface area contributed by atoms with E-state index in [9.17, 15) is 14.7 Å². The first-order valence-electron chi connectivity index (χ1n) is 11.1. The number of rotatable bonds is 5. The van der Waals surface area contributed by atoms with Gasteiger partial charge >= 0.3 is 0 Å². The molecule has 6 heteroatoms. The summed E-state index contributed by atoms with van der Waals surface area (Å²) in [5.41, 5.74) is 0.690. The summed E-state index contributed by atoms with van der Waals surface area (Å²) in [7, 11) is 0. The predicted molar refractivity (Wildman–Crippen MR) is 108 cm³/mol. The van der Waals surface area contributed by atoms with E-state index in [1.165, 1.54) is 0 Å². The van der Waals surface area contributed by atoms with Crippen molar-refractivity contribution in [2.24, 2.45) is 5.92 Å². The fraction of sp³-hybridized carbons (Fsp3) is 0.652. The largest absolute Gasteiger partial charge is 0.490 e. The van der Waals surface area contributed by atoms with Gasteiger partial charge in [-0.3, -0.25) is 9.59 Å². The zero-order valence-electron chi connectivity index (χ0n) is 16.8. The van der Waals surface area contributed by atoms with Crippen LogP contribution in [0.3, 0.4) is 0 Å². The maximum Gasteiger partial charge on any atom is 0.254 e. The molecule has 2 aliphatic heterocycles. The van der Waals surface area contributed by atoms with Gasteiger partial charge in [0.15, 0.2) is 0 Å². The van der Waals surface area contributed by atoms with Crippen molar-refractivity contribution in [3.63, 3.8) is 0 Å². The van der Waals surface area contributed by atoms with Crippen molar-refractivity contribution in [3.8, 4) is 5.75 Å². The Morgan fingerprint density at radius 1 is 0.931 bits per heavy atom. The maximum atomic E-state index is 12.8. The average molecular weight is 399 g/mol. The molecule has 1 aromatic carbocycles. The smallest absolute Gasteiger partial charge is 0.254 e. The molecular formula is C23H30N2O4. The second kappa shape index (κ2) is 7.63. The standard InChI is InChI=1S/C23H30N2O4/c26-19-12-17-11-18(13-19)25(17)23(28)15-3-7-20(8-4-15)29-21-9-5-16(6-10-21)24-22(27)14-1-2-14/h3-4,7-8,14,16-19,21,26H,1-2,5-6,9-13H2,(H,24,27). The minimum Gasteiger partial charge on any atom is -0.490 e. The lowest BCUT2D eigenvalue weighted by molar-refractivity contribution is -0.123. The molecule has 156 valence electrons. The number of hydrogen-bond donors (Lipinski definition) is 2. The van der Waals surface area contributed by atoms with Crippen molar-refractivity contribution >= 4 is 11.8 Å². The van der Waals surface area contributed by atoms with E-state index in [4.69, 9.17) is 4.74 Å². The number of nitrogens with one attached hydrogen (secondary N) is 1. The van der Waals surface area contributed by atoms with Crippen LogP contribution in [0.25, 0.3) is 0 Å². The highest BCUT2D eigenvalue weighted by Crippen LogP contribution is 2.39. The number of aliphatic hydroxyl groups excluding tert-OH is 1. The average Bonchev–Trinajstić information content (AvgIpc) is 3.55. The molecule has 2 unspecified atom stereocenters. The normalized spacial score (nSPS) is 33.6. The summed E-state index contributed by atoms with van der Waals surface area (Å²) in [4.78, 5) is 26.6. The molecule has 2 aliphatic carbocycles. The molecule has 1 aromatic rings. The number of amides is 2. The van der Waals surface area contributed by atoms with Gasteiger partial charge in [0, 0.05) is 29.6 Å². The zero-order valence-corrected chi connectivity index (χ0v) is 16.8. The van der Waals surface area contributed by atoms with Crippen molar-refractivity contribution in [1.29, 1.82) is 0 Å². The molecule has 2 amide bonds. The van der Waals surface area contributed by atoms with Gasteiger partial charge in [-0.05, 0) is 82.1 Å². The second-order valence-corrected chi connectivity index (χ2v) is 9.28. The topological polar surface area (TPSA) is 78.9 Å². The Morgan fingerprint density at radius 3 is 2.21 bits per heavy atom. The molecule has 4 fully saturated rings. The Hall–Kier alpha value is -2.08. The van der Waals surface area contributed by atoms with E-state index in [2.05, 4.69) is 5.32 Å². The number of hydrogen-bond acceptors (Lipinski definition) is 4. The zero-order chi connectivity index (χ0) is 20.0. The molecule has 2 atom stereocenters. The number of carbonyl (C=O) groups is 2. The van der Waals surface area contributed by atoms with Gasteiger partial charge < -0.3 is 20.1 Å². The summed E-state index contributed by atoms with van der Waals surface area (Å²) in [6, 6.07) is 8.16. The van der Waals surface area contributed by atoms with Gasteiger partial charge in [-0.2, -0.15) is 0 Å². The molecule has 6 nitrogen and oxygen atoms in total. The van der Waals surface area contributed by atoms with E-state index < -0.39 is 0 Å². The Labute approximate surface area is 171 Å². The number of ether oxygens (including phenoxy) is 1. The Balaban J connectivity index is 1.11. The minimum atomic E-state index is -0.254. The van der Waals surface area contributed by atoms with Gasteiger partial charge in [0.05, 0.1) is 12.2 Å². The van der Waals surface area contributed by atoms with Crippen LogP contribution in [0.15, 0.2) is 24.3 Å². The molecule has 2 saturated heterocycles. The molecule has 0 radical (unpaired) electrons. The highest BCUT2D eigenvalue weighted by atomic mass is 16.5. The van der Waals surface area contributed by atoms with Crippen molar-refractivity contribution in [1.82, 2.24) is 10.2 Å². The lowest BCUT2D eigenvalue weighted by atomic mass is 9.77. The molecule has 0 spiro atoms. The number of fused-ring (bicyclic) bond motifs is 2. The quantitative estimate of drug-likeness (QED) is 0.799. The third-order valence-corrected chi connectivity index (χ3v) is 7.03. The first-order valence-corrected chi connectivity index (χ1v) is 11.1. The molecule has 2 heterocycles. The van der Waals surface area contributed by atoms with E-state index in [-0.39, 0.29) is 48.1 Å². The third-order valence-electron chi connectivity index (χ3n) is 7.03. The van der Waals surface area contributed by atoms with Gasteiger partial charge in [0.25, 0.3) is 5.91 Å². The summed E-state index contributed by atoms with van der Waals surface area (Å²) in [6.07, 6.45) is 8.23. The Bertz CT molecular complexity index is 756. The molecule has 2 saturated carbocycles. The number of carbonyl (C=O) groups excluding carboxylic acids is 2. The lowest BCUT2D eigenvalue weighted by Crippen LogP contribution is -2.63. The number of nitrogens with zero attached hydrogens (tertiary/aromatic N) is 1. The van der Waals surface area contributed by atoms with Crippen LogP contribution in [-0.2, 0) is 4.79 Å². The van der Waals surface area contributed by atoms with E-state index in [0.29, 0.717) is 18.4 Å². The van der Waals surface area contributed by atoms with Gasteiger partial charge in [-0.1, -0.05) is 0 Å². The van der Waals surface area contributed by atoms with Crippen molar-refractivity contribution in [2.75, 3.05) is 0 Å². The first-order chi connectivity index (χ1) is 14.1. The highest BCUT2D eigenvalue weighted by molar-refractivity contribution is 5.95. The lowest BCUT2D eigenvalue weighted by Gasteiger charge is -2.54. The third kappa shape index (κ3) is 4.00. The molecule has 29 heavy (non-hydrogen) atoms. The molecule has 2 bridgehead atoms. The Kier molecular flexibility index (Phi) is 4.98. The van der Waals surface area contributed by atoms with Crippen molar-refractivity contribution in [2.45, 2.75) is 88.1 Å². The van der Waals surface area contributed by atoms with Crippen molar-refractivity contribution < 1.29 is 19.4 Å². The maximum absolute atomic E-state index is 12.8. The van der Waals surface area contributed by atoms with Crippen LogP contribution in [-0.4, -0.2) is 52.2 Å². The van der Waals surface area contributed by atoms with Gasteiger partial charge in [0.2, 0.25) is 5.91 Å². The molecule has 5 rings (SSSR count). The fourth-order valence-electron chi connectivity index (χ4n) is 5.18. The van der Waals surface area contributed by atoms with Crippen molar-refractivity contribution in [3.05, 3.63) is 29.8 Å². The van der Waals surface area contributed by atoms with Crippen LogP contribution in [0.1, 0.15) is 68.1 Å². The van der Waals surface area contributed by atoms with Gasteiger partial charge in [-0.25, -0.2) is 0 Å². The van der Waals surface area contributed by atoms with Crippen LogP contribution in [0, 0.1) is 5.92 Å². The number of benzene rings is 1. The fourth-order valence-corrected chi connectivity index (χ4v) is 5.18. The van der Waals surface area contributed by atoms with Gasteiger partial charge in [-0.15, -0.1) is 0 Å². The van der Waals surface area contributed by atoms with E-state index in [1.54, 1.807) is 0 Å². The van der Waals surface area contributed by atoms with Crippen LogP contribution in [0.4, 0.5) is 0 Å². The molecule has 4 aliphatic rings. The number of aliphatic hydroxyl groups is 1. The van der Waals surface area contributed by atoms with Crippen LogP contribution < -0.4 is 10.1 Å². The minimum absolute atomic E-state index is 0.0663. The van der Waals surface area contributed by atoms with Crippen LogP contribution >= 0.6 is 0 Å². The monoisotopic (exact) mass is 398 g/mol. The molecular weight excluding hydrogens is 368 g/mol. The number of piperidine rings is 1. The molecule has 2 N–H and O–H groups in total. The SMILES string of the molecule is O=C(NC1CCC(Oc2ccc(C(=O)N3C4CC(O)CC3C4)cc2)CC1)C1CC1. The van der Waals surface area contributed by atoms with E-state index in [0.717, 1.165) is 50.7 Å². The summed E-state index contributed by atoms with van der Waals surface area (Å²) in [5.74, 6) is 1.37. The summed E-state index contributed by atoms with van der Waals surface area (Å²) >= 11 is 0. The van der Waals surface area contributed by atoms with Crippen LogP contribution in [0.2, 0.25) is 0 Å².